The number of amides is 1. The van der Waals surface area contributed by atoms with E-state index in [9.17, 15) is 4.79 Å². The maximum absolute atomic E-state index is 11.7. The highest BCUT2D eigenvalue weighted by Gasteiger charge is 2.24. The topological polar surface area (TPSA) is 50.4 Å². The van der Waals surface area contributed by atoms with E-state index in [4.69, 9.17) is 4.74 Å². The summed E-state index contributed by atoms with van der Waals surface area (Å²) >= 11 is 0. The minimum Gasteiger partial charge on any atom is -0.378 e. The van der Waals surface area contributed by atoms with Gasteiger partial charge in [-0.1, -0.05) is 13.8 Å². The highest BCUT2D eigenvalue weighted by atomic mass is 16.5. The van der Waals surface area contributed by atoms with Gasteiger partial charge in [0.25, 0.3) is 0 Å². The van der Waals surface area contributed by atoms with Crippen LogP contribution in [0.2, 0.25) is 0 Å². The van der Waals surface area contributed by atoms with Crippen molar-refractivity contribution in [3.8, 4) is 0 Å². The summed E-state index contributed by atoms with van der Waals surface area (Å²) in [6, 6.07) is 0.489. The van der Waals surface area contributed by atoms with Gasteiger partial charge in [-0.15, -0.1) is 0 Å². The molecule has 1 rings (SSSR count). The lowest BCUT2D eigenvalue weighted by Gasteiger charge is -2.32. The molecule has 1 aliphatic rings. The summed E-state index contributed by atoms with van der Waals surface area (Å²) in [6.07, 6.45) is 3.00. The van der Waals surface area contributed by atoms with Gasteiger partial charge in [-0.25, -0.2) is 0 Å². The van der Waals surface area contributed by atoms with Crippen LogP contribution in [0.1, 0.15) is 53.9 Å². The van der Waals surface area contributed by atoms with Crippen molar-refractivity contribution in [2.75, 3.05) is 13.2 Å². The summed E-state index contributed by atoms with van der Waals surface area (Å²) in [5.74, 6) is 0.682. The number of nitrogens with one attached hydrogen (secondary N) is 2. The molecule has 0 aromatic rings. The van der Waals surface area contributed by atoms with Crippen LogP contribution in [-0.4, -0.2) is 36.7 Å². The SMILES string of the molecule is CC(C)C1CC(NCCC(=O)NC(C)(C)C)CCO1. The minimum atomic E-state index is -0.140. The number of carbonyl (C=O) groups is 1. The van der Waals surface area contributed by atoms with Crippen molar-refractivity contribution >= 4 is 5.91 Å². The first-order valence-corrected chi connectivity index (χ1v) is 7.44. The molecule has 0 aliphatic carbocycles. The third-order valence-corrected chi connectivity index (χ3v) is 3.36. The standard InChI is InChI=1S/C15H30N2O2/c1-11(2)13-10-12(7-9-19-13)16-8-6-14(18)17-15(3,4)5/h11-13,16H,6-10H2,1-5H3,(H,17,18). The first kappa shape index (κ1) is 16.4. The van der Waals surface area contributed by atoms with Gasteiger partial charge in [-0.3, -0.25) is 4.79 Å². The fourth-order valence-corrected chi connectivity index (χ4v) is 2.35. The van der Waals surface area contributed by atoms with Gasteiger partial charge in [0, 0.05) is 31.2 Å². The first-order chi connectivity index (χ1) is 8.78. The van der Waals surface area contributed by atoms with Crippen LogP contribution in [0, 0.1) is 5.92 Å². The molecule has 2 unspecified atom stereocenters. The van der Waals surface area contributed by atoms with Gasteiger partial charge in [0.15, 0.2) is 0 Å². The van der Waals surface area contributed by atoms with Crippen LogP contribution in [0.5, 0.6) is 0 Å². The van der Waals surface area contributed by atoms with Gasteiger partial charge in [-0.05, 0) is 39.5 Å². The lowest BCUT2D eigenvalue weighted by Crippen LogP contribution is -2.44. The quantitative estimate of drug-likeness (QED) is 0.804. The van der Waals surface area contributed by atoms with Crippen molar-refractivity contribution in [2.45, 2.75) is 71.6 Å². The number of hydrogen-bond donors (Lipinski definition) is 2. The number of ether oxygens (including phenoxy) is 1. The molecule has 4 nitrogen and oxygen atoms in total. The second kappa shape index (κ2) is 7.25. The van der Waals surface area contributed by atoms with E-state index in [2.05, 4.69) is 24.5 Å². The van der Waals surface area contributed by atoms with Crippen molar-refractivity contribution in [3.63, 3.8) is 0 Å². The van der Waals surface area contributed by atoms with E-state index in [-0.39, 0.29) is 11.4 Å². The monoisotopic (exact) mass is 270 g/mol. The molecular formula is C15H30N2O2. The molecule has 0 radical (unpaired) electrons. The molecule has 0 spiro atoms. The van der Waals surface area contributed by atoms with Crippen LogP contribution < -0.4 is 10.6 Å². The van der Waals surface area contributed by atoms with Crippen molar-refractivity contribution in [1.29, 1.82) is 0 Å². The zero-order valence-corrected chi connectivity index (χ0v) is 13.1. The molecule has 0 aromatic carbocycles. The molecule has 1 amide bonds. The van der Waals surface area contributed by atoms with Crippen molar-refractivity contribution in [3.05, 3.63) is 0 Å². The molecule has 1 fully saturated rings. The van der Waals surface area contributed by atoms with E-state index in [0.717, 1.165) is 26.0 Å². The molecule has 0 saturated carbocycles. The largest absolute Gasteiger partial charge is 0.378 e. The first-order valence-electron chi connectivity index (χ1n) is 7.44. The summed E-state index contributed by atoms with van der Waals surface area (Å²) in [7, 11) is 0. The van der Waals surface area contributed by atoms with Gasteiger partial charge < -0.3 is 15.4 Å². The third-order valence-electron chi connectivity index (χ3n) is 3.36. The lowest BCUT2D eigenvalue weighted by molar-refractivity contribution is -0.122. The van der Waals surface area contributed by atoms with Crippen LogP contribution in [0.25, 0.3) is 0 Å². The summed E-state index contributed by atoms with van der Waals surface area (Å²) in [5.41, 5.74) is -0.140. The lowest BCUT2D eigenvalue weighted by atomic mass is 9.95. The Bertz CT molecular complexity index is 284. The Morgan fingerprint density at radius 3 is 2.63 bits per heavy atom. The van der Waals surface area contributed by atoms with Crippen LogP contribution in [0.4, 0.5) is 0 Å². The Morgan fingerprint density at radius 1 is 1.37 bits per heavy atom. The fourth-order valence-electron chi connectivity index (χ4n) is 2.35. The molecule has 1 saturated heterocycles. The Hall–Kier alpha value is -0.610. The predicted octanol–water partition coefficient (Wildman–Crippen LogP) is 2.08. The van der Waals surface area contributed by atoms with E-state index in [1.807, 2.05) is 20.8 Å². The van der Waals surface area contributed by atoms with Crippen LogP contribution in [-0.2, 0) is 9.53 Å². The second-order valence-corrected chi connectivity index (χ2v) is 6.88. The summed E-state index contributed by atoms with van der Waals surface area (Å²) in [6.45, 7) is 12.0. The summed E-state index contributed by atoms with van der Waals surface area (Å²) in [4.78, 5) is 11.7. The van der Waals surface area contributed by atoms with Crippen LogP contribution in [0.15, 0.2) is 0 Å². The van der Waals surface area contributed by atoms with Crippen molar-refractivity contribution in [2.24, 2.45) is 5.92 Å². The number of hydrogen-bond acceptors (Lipinski definition) is 3. The van der Waals surface area contributed by atoms with Crippen LogP contribution in [0.3, 0.4) is 0 Å². The summed E-state index contributed by atoms with van der Waals surface area (Å²) < 4.78 is 5.74. The van der Waals surface area contributed by atoms with Gasteiger partial charge in [-0.2, -0.15) is 0 Å². The molecule has 0 aromatic heterocycles. The Morgan fingerprint density at radius 2 is 2.05 bits per heavy atom. The smallest absolute Gasteiger partial charge is 0.221 e. The zero-order valence-electron chi connectivity index (χ0n) is 13.1. The molecule has 2 N–H and O–H groups in total. The van der Waals surface area contributed by atoms with E-state index in [1.165, 1.54) is 0 Å². The Labute approximate surface area is 117 Å². The molecule has 1 heterocycles. The van der Waals surface area contributed by atoms with Crippen LogP contribution >= 0.6 is 0 Å². The number of carbonyl (C=O) groups excluding carboxylic acids is 1. The van der Waals surface area contributed by atoms with E-state index >= 15 is 0 Å². The fraction of sp³-hybridized carbons (Fsp3) is 0.933. The molecule has 112 valence electrons. The van der Waals surface area contributed by atoms with Gasteiger partial charge >= 0.3 is 0 Å². The van der Waals surface area contributed by atoms with Gasteiger partial charge in [0.1, 0.15) is 0 Å². The van der Waals surface area contributed by atoms with E-state index in [0.29, 0.717) is 24.5 Å². The molecule has 0 bridgehead atoms. The second-order valence-electron chi connectivity index (χ2n) is 6.88. The predicted molar refractivity (Wildman–Crippen MR) is 78.1 cm³/mol. The minimum absolute atomic E-state index is 0.118. The maximum atomic E-state index is 11.7. The van der Waals surface area contributed by atoms with E-state index in [1.54, 1.807) is 0 Å². The third kappa shape index (κ3) is 6.92. The highest BCUT2D eigenvalue weighted by molar-refractivity contribution is 5.76. The Kier molecular flexibility index (Phi) is 6.27. The Balaban J connectivity index is 2.20. The highest BCUT2D eigenvalue weighted by Crippen LogP contribution is 2.20. The molecule has 4 heteroatoms. The van der Waals surface area contributed by atoms with Gasteiger partial charge in [0.05, 0.1) is 6.10 Å². The number of rotatable bonds is 5. The average molecular weight is 270 g/mol. The summed E-state index contributed by atoms with van der Waals surface area (Å²) in [5, 5.41) is 6.46. The average Bonchev–Trinajstić information content (AvgIpc) is 2.27. The van der Waals surface area contributed by atoms with Crippen molar-refractivity contribution in [1.82, 2.24) is 10.6 Å². The van der Waals surface area contributed by atoms with Crippen molar-refractivity contribution < 1.29 is 9.53 Å². The maximum Gasteiger partial charge on any atom is 0.221 e. The van der Waals surface area contributed by atoms with Gasteiger partial charge in [0.2, 0.25) is 5.91 Å². The zero-order chi connectivity index (χ0) is 14.5. The molecule has 2 atom stereocenters. The molecular weight excluding hydrogens is 240 g/mol. The normalized spacial score (nSPS) is 24.5. The molecule has 1 aliphatic heterocycles. The van der Waals surface area contributed by atoms with E-state index < -0.39 is 0 Å². The molecule has 19 heavy (non-hydrogen) atoms.